The fourth-order valence-electron chi connectivity index (χ4n) is 2.21. The van der Waals surface area contributed by atoms with Gasteiger partial charge in [0, 0.05) is 32.7 Å². The van der Waals surface area contributed by atoms with Crippen molar-refractivity contribution in [2.24, 2.45) is 0 Å². The van der Waals surface area contributed by atoms with Crippen LogP contribution < -0.4 is 9.47 Å². The lowest BCUT2D eigenvalue weighted by Gasteiger charge is -2.38. The first-order valence-electron chi connectivity index (χ1n) is 7.19. The zero-order valence-electron chi connectivity index (χ0n) is 12.9. The van der Waals surface area contributed by atoms with E-state index in [1.165, 1.54) is 7.11 Å². The second kappa shape index (κ2) is 7.66. The van der Waals surface area contributed by atoms with Crippen molar-refractivity contribution < 1.29 is 19.0 Å². The van der Waals surface area contributed by atoms with E-state index in [1.54, 1.807) is 30.2 Å². The van der Waals surface area contributed by atoms with Gasteiger partial charge in [0.15, 0.2) is 11.5 Å². The van der Waals surface area contributed by atoms with E-state index in [1.807, 2.05) is 6.07 Å². The highest BCUT2D eigenvalue weighted by Gasteiger charge is 2.29. The van der Waals surface area contributed by atoms with E-state index in [2.05, 4.69) is 0 Å². The van der Waals surface area contributed by atoms with E-state index in [4.69, 9.17) is 19.5 Å². The normalized spacial score (nSPS) is 14.1. The predicted molar refractivity (Wildman–Crippen MR) is 79.8 cm³/mol. The van der Waals surface area contributed by atoms with E-state index >= 15 is 0 Å². The molecule has 0 bridgehead atoms. The van der Waals surface area contributed by atoms with Crippen molar-refractivity contribution in [1.29, 1.82) is 5.26 Å². The van der Waals surface area contributed by atoms with Crippen molar-refractivity contribution in [2.75, 3.05) is 33.9 Å². The highest BCUT2D eigenvalue weighted by atomic mass is 16.5. The van der Waals surface area contributed by atoms with Crippen molar-refractivity contribution >= 4 is 5.91 Å². The summed E-state index contributed by atoms with van der Waals surface area (Å²) < 4.78 is 16.0. The molecule has 0 aliphatic carbocycles. The molecule has 0 spiro atoms. The predicted octanol–water partition coefficient (Wildman–Crippen LogP) is 1.58. The second-order valence-corrected chi connectivity index (χ2v) is 5.09. The minimum absolute atomic E-state index is 0.128. The number of methoxy groups -OCH3 is 2. The molecule has 1 aromatic rings. The molecule has 0 atom stereocenters. The van der Waals surface area contributed by atoms with Crippen molar-refractivity contribution in [3.63, 3.8) is 0 Å². The average molecular weight is 304 g/mol. The standard InChI is InChI=1S/C16H20N2O4/c1-20-13-10-18(11-13)16(19)4-3-7-22-14-6-5-12(9-17)8-15(14)21-2/h5-6,8,13H,3-4,7,10-11H2,1-2H3. The number of nitrogens with zero attached hydrogens (tertiary/aromatic N) is 2. The molecule has 0 radical (unpaired) electrons. The quantitative estimate of drug-likeness (QED) is 0.715. The summed E-state index contributed by atoms with van der Waals surface area (Å²) in [6.45, 7) is 1.79. The monoisotopic (exact) mass is 304 g/mol. The van der Waals surface area contributed by atoms with E-state index in [-0.39, 0.29) is 12.0 Å². The van der Waals surface area contributed by atoms with E-state index < -0.39 is 0 Å². The molecule has 118 valence electrons. The lowest BCUT2D eigenvalue weighted by molar-refractivity contribution is -0.143. The Morgan fingerprint density at radius 2 is 2.14 bits per heavy atom. The zero-order valence-corrected chi connectivity index (χ0v) is 12.9. The fourth-order valence-corrected chi connectivity index (χ4v) is 2.21. The van der Waals surface area contributed by atoms with Crippen molar-refractivity contribution in [3.05, 3.63) is 23.8 Å². The van der Waals surface area contributed by atoms with Crippen LogP contribution >= 0.6 is 0 Å². The Morgan fingerprint density at radius 1 is 1.36 bits per heavy atom. The van der Waals surface area contributed by atoms with Gasteiger partial charge < -0.3 is 19.1 Å². The summed E-state index contributed by atoms with van der Waals surface area (Å²) in [6.07, 6.45) is 1.27. The number of carbonyl (C=O) groups is 1. The number of amides is 1. The smallest absolute Gasteiger partial charge is 0.222 e. The molecule has 0 unspecified atom stereocenters. The number of likely N-dealkylation sites (tertiary alicyclic amines) is 1. The lowest BCUT2D eigenvalue weighted by Crippen LogP contribution is -2.54. The molecule has 1 aliphatic rings. The zero-order chi connectivity index (χ0) is 15.9. The summed E-state index contributed by atoms with van der Waals surface area (Å²) in [6, 6.07) is 7.06. The summed E-state index contributed by atoms with van der Waals surface area (Å²) >= 11 is 0. The molecule has 22 heavy (non-hydrogen) atoms. The number of hydrogen-bond acceptors (Lipinski definition) is 5. The number of hydrogen-bond donors (Lipinski definition) is 0. The van der Waals surface area contributed by atoms with Crippen LogP contribution in [0.5, 0.6) is 11.5 Å². The van der Waals surface area contributed by atoms with Crippen molar-refractivity contribution in [1.82, 2.24) is 4.90 Å². The summed E-state index contributed by atoms with van der Waals surface area (Å²) in [5.41, 5.74) is 0.518. The molecular weight excluding hydrogens is 284 g/mol. The Morgan fingerprint density at radius 3 is 2.77 bits per heavy atom. The molecule has 2 rings (SSSR count). The Labute approximate surface area is 130 Å². The number of ether oxygens (including phenoxy) is 3. The van der Waals surface area contributed by atoms with Gasteiger partial charge in [-0.15, -0.1) is 0 Å². The number of benzene rings is 1. The first kappa shape index (κ1) is 16.1. The summed E-state index contributed by atoms with van der Waals surface area (Å²) in [7, 11) is 3.19. The molecule has 6 heteroatoms. The molecule has 0 aromatic heterocycles. The average Bonchev–Trinajstić information content (AvgIpc) is 2.50. The van der Waals surface area contributed by atoms with E-state index in [9.17, 15) is 4.79 Å². The molecule has 1 aromatic carbocycles. The van der Waals surface area contributed by atoms with Crippen LogP contribution in [-0.4, -0.2) is 50.8 Å². The van der Waals surface area contributed by atoms with E-state index in [0.717, 1.165) is 0 Å². The van der Waals surface area contributed by atoms with Crippen LogP contribution in [0.1, 0.15) is 18.4 Å². The SMILES string of the molecule is COc1cc(C#N)ccc1OCCCC(=O)N1CC(OC)C1. The lowest BCUT2D eigenvalue weighted by atomic mass is 10.1. The first-order chi connectivity index (χ1) is 10.7. The Bertz CT molecular complexity index is 562. The molecule has 1 aliphatic heterocycles. The summed E-state index contributed by atoms with van der Waals surface area (Å²) in [5, 5.41) is 8.84. The Balaban J connectivity index is 1.73. The minimum Gasteiger partial charge on any atom is -0.493 e. The van der Waals surface area contributed by atoms with Gasteiger partial charge in [-0.3, -0.25) is 4.79 Å². The van der Waals surface area contributed by atoms with Crippen molar-refractivity contribution in [2.45, 2.75) is 18.9 Å². The van der Waals surface area contributed by atoms with Gasteiger partial charge in [-0.1, -0.05) is 0 Å². The minimum atomic E-state index is 0.128. The Kier molecular flexibility index (Phi) is 5.61. The number of nitriles is 1. The van der Waals surface area contributed by atoms with Gasteiger partial charge in [-0.2, -0.15) is 5.26 Å². The van der Waals surface area contributed by atoms with E-state index in [0.29, 0.717) is 49.6 Å². The van der Waals surface area contributed by atoms with Crippen LogP contribution in [0.3, 0.4) is 0 Å². The van der Waals surface area contributed by atoms with Gasteiger partial charge in [0.2, 0.25) is 5.91 Å². The number of carbonyl (C=O) groups excluding carboxylic acids is 1. The topological polar surface area (TPSA) is 71.8 Å². The molecule has 1 amide bonds. The second-order valence-electron chi connectivity index (χ2n) is 5.09. The number of rotatable bonds is 7. The molecular formula is C16H20N2O4. The molecule has 1 fully saturated rings. The van der Waals surface area contributed by atoms with Gasteiger partial charge >= 0.3 is 0 Å². The summed E-state index contributed by atoms with van der Waals surface area (Å²) in [4.78, 5) is 13.6. The van der Waals surface area contributed by atoms with Gasteiger partial charge in [-0.05, 0) is 18.6 Å². The molecule has 1 heterocycles. The van der Waals surface area contributed by atoms with Crippen LogP contribution in [-0.2, 0) is 9.53 Å². The van der Waals surface area contributed by atoms with Crippen LogP contribution in [0.4, 0.5) is 0 Å². The van der Waals surface area contributed by atoms with Crippen LogP contribution in [0.15, 0.2) is 18.2 Å². The summed E-state index contributed by atoms with van der Waals surface area (Å²) in [5.74, 6) is 1.23. The van der Waals surface area contributed by atoms with Crippen LogP contribution in [0.25, 0.3) is 0 Å². The van der Waals surface area contributed by atoms with Gasteiger partial charge in [0.25, 0.3) is 0 Å². The van der Waals surface area contributed by atoms with Gasteiger partial charge in [0.1, 0.15) is 0 Å². The third-order valence-corrected chi connectivity index (χ3v) is 3.62. The highest BCUT2D eigenvalue weighted by Crippen LogP contribution is 2.28. The van der Waals surface area contributed by atoms with Crippen LogP contribution in [0, 0.1) is 11.3 Å². The van der Waals surface area contributed by atoms with Crippen molar-refractivity contribution in [3.8, 4) is 17.6 Å². The largest absolute Gasteiger partial charge is 0.493 e. The maximum absolute atomic E-state index is 11.9. The third-order valence-electron chi connectivity index (χ3n) is 3.62. The molecule has 6 nitrogen and oxygen atoms in total. The third kappa shape index (κ3) is 3.89. The molecule has 0 N–H and O–H groups in total. The highest BCUT2D eigenvalue weighted by molar-refractivity contribution is 5.77. The maximum atomic E-state index is 11.9. The molecule has 0 saturated carbocycles. The van der Waals surface area contributed by atoms with Gasteiger partial charge in [-0.25, -0.2) is 0 Å². The van der Waals surface area contributed by atoms with Crippen LogP contribution in [0.2, 0.25) is 0 Å². The Hall–Kier alpha value is -2.26. The molecule has 1 saturated heterocycles. The van der Waals surface area contributed by atoms with Gasteiger partial charge in [0.05, 0.1) is 31.5 Å². The first-order valence-corrected chi connectivity index (χ1v) is 7.19. The fraction of sp³-hybridized carbons (Fsp3) is 0.500. The maximum Gasteiger partial charge on any atom is 0.222 e.